The molecule has 0 aromatic carbocycles. The van der Waals surface area contributed by atoms with E-state index in [0.717, 1.165) is 0 Å². The summed E-state index contributed by atoms with van der Waals surface area (Å²) in [4.78, 5) is 25.5. The number of esters is 2. The van der Waals surface area contributed by atoms with Crippen LogP contribution in [0.2, 0.25) is 0 Å². The van der Waals surface area contributed by atoms with Crippen LogP contribution in [0.5, 0.6) is 0 Å². The van der Waals surface area contributed by atoms with Crippen LogP contribution in [0.3, 0.4) is 0 Å². The standard InChI is InChI=1S/C20H27NO6/c1-13-16(19(22)26-11-9-24-3)18(15-7-5-6-8-15)17(14(2)21-13)20(23)27-12-10-25-4/h5-8,15,18,21H,9-12H2,1-4H3. The van der Waals surface area contributed by atoms with Gasteiger partial charge in [0.25, 0.3) is 0 Å². The van der Waals surface area contributed by atoms with E-state index in [0.29, 0.717) is 35.8 Å². The number of allylic oxidation sites excluding steroid dienone is 6. The quantitative estimate of drug-likeness (QED) is 0.485. The average molecular weight is 377 g/mol. The molecule has 0 spiro atoms. The zero-order valence-corrected chi connectivity index (χ0v) is 16.2. The van der Waals surface area contributed by atoms with E-state index in [-0.39, 0.29) is 19.1 Å². The Morgan fingerprint density at radius 3 is 1.70 bits per heavy atom. The fraction of sp³-hybridized carbons (Fsp3) is 0.500. The zero-order chi connectivity index (χ0) is 19.8. The van der Waals surface area contributed by atoms with Gasteiger partial charge in [-0.15, -0.1) is 0 Å². The lowest BCUT2D eigenvalue weighted by molar-refractivity contribution is -0.142. The van der Waals surface area contributed by atoms with Crippen LogP contribution in [0.15, 0.2) is 46.8 Å². The predicted molar refractivity (Wildman–Crippen MR) is 99.5 cm³/mol. The van der Waals surface area contributed by atoms with Crippen molar-refractivity contribution in [3.8, 4) is 0 Å². The molecule has 0 aromatic rings. The first-order chi connectivity index (χ1) is 13.0. The maximum absolute atomic E-state index is 12.8. The number of nitrogens with one attached hydrogen (secondary N) is 1. The largest absolute Gasteiger partial charge is 0.460 e. The van der Waals surface area contributed by atoms with Gasteiger partial charge in [-0.25, -0.2) is 9.59 Å². The van der Waals surface area contributed by atoms with Crippen molar-refractivity contribution in [1.82, 2.24) is 5.32 Å². The van der Waals surface area contributed by atoms with Gasteiger partial charge in [0.15, 0.2) is 0 Å². The van der Waals surface area contributed by atoms with E-state index in [1.165, 1.54) is 14.2 Å². The van der Waals surface area contributed by atoms with Gasteiger partial charge in [0.05, 0.1) is 24.4 Å². The number of carbonyl (C=O) groups is 2. The molecule has 7 nitrogen and oxygen atoms in total. The van der Waals surface area contributed by atoms with Crippen molar-refractivity contribution in [2.24, 2.45) is 11.8 Å². The molecule has 0 fully saturated rings. The van der Waals surface area contributed by atoms with E-state index in [9.17, 15) is 9.59 Å². The summed E-state index contributed by atoms with van der Waals surface area (Å²) in [7, 11) is 3.08. The molecule has 7 heteroatoms. The molecule has 2 rings (SSSR count). The first-order valence-corrected chi connectivity index (χ1v) is 8.87. The summed E-state index contributed by atoms with van der Waals surface area (Å²) in [6, 6.07) is 0. The summed E-state index contributed by atoms with van der Waals surface area (Å²) in [6.07, 6.45) is 7.72. The molecule has 1 aliphatic heterocycles. The molecule has 0 saturated heterocycles. The molecule has 0 radical (unpaired) electrons. The first kappa shape index (κ1) is 20.9. The van der Waals surface area contributed by atoms with Crippen molar-refractivity contribution in [3.63, 3.8) is 0 Å². The van der Waals surface area contributed by atoms with Crippen LogP contribution in [-0.2, 0) is 28.5 Å². The number of carbonyl (C=O) groups excluding carboxylic acids is 2. The lowest BCUT2D eigenvalue weighted by atomic mass is 9.77. The normalized spacial score (nSPS) is 17.5. The Balaban J connectivity index is 2.33. The van der Waals surface area contributed by atoms with Crippen molar-refractivity contribution in [2.75, 3.05) is 40.6 Å². The van der Waals surface area contributed by atoms with Crippen LogP contribution in [0.25, 0.3) is 0 Å². The number of dihydropyridines is 1. The van der Waals surface area contributed by atoms with Crippen molar-refractivity contribution in [1.29, 1.82) is 0 Å². The Bertz CT molecular complexity index is 633. The predicted octanol–water partition coefficient (Wildman–Crippen LogP) is 1.88. The van der Waals surface area contributed by atoms with E-state index in [1.807, 2.05) is 24.3 Å². The fourth-order valence-corrected chi connectivity index (χ4v) is 3.23. The average Bonchev–Trinajstić information content (AvgIpc) is 3.15. The van der Waals surface area contributed by atoms with Crippen LogP contribution < -0.4 is 5.32 Å². The monoisotopic (exact) mass is 377 g/mol. The van der Waals surface area contributed by atoms with Gasteiger partial charge in [0.2, 0.25) is 0 Å². The molecular formula is C20H27NO6. The second-order valence-corrected chi connectivity index (χ2v) is 6.28. The Kier molecular flexibility index (Phi) is 7.82. The maximum Gasteiger partial charge on any atom is 0.336 e. The molecule has 27 heavy (non-hydrogen) atoms. The maximum atomic E-state index is 12.8. The third-order valence-corrected chi connectivity index (χ3v) is 4.45. The number of rotatable bonds is 9. The van der Waals surface area contributed by atoms with Crippen molar-refractivity contribution >= 4 is 11.9 Å². The number of hydrogen-bond donors (Lipinski definition) is 1. The Hall–Kier alpha value is -2.38. The highest BCUT2D eigenvalue weighted by Crippen LogP contribution is 2.39. The van der Waals surface area contributed by atoms with E-state index >= 15 is 0 Å². The van der Waals surface area contributed by atoms with E-state index in [4.69, 9.17) is 18.9 Å². The van der Waals surface area contributed by atoms with E-state index in [1.54, 1.807) is 13.8 Å². The van der Waals surface area contributed by atoms with Gasteiger partial charge in [0, 0.05) is 37.4 Å². The lowest BCUT2D eigenvalue weighted by Gasteiger charge is -2.32. The topological polar surface area (TPSA) is 83.1 Å². The molecule has 0 amide bonds. The fourth-order valence-electron chi connectivity index (χ4n) is 3.23. The molecule has 0 aromatic heterocycles. The second-order valence-electron chi connectivity index (χ2n) is 6.28. The number of methoxy groups -OCH3 is 2. The van der Waals surface area contributed by atoms with Crippen LogP contribution in [0.4, 0.5) is 0 Å². The van der Waals surface area contributed by atoms with Gasteiger partial charge >= 0.3 is 11.9 Å². The lowest BCUT2D eigenvalue weighted by Crippen LogP contribution is -2.36. The summed E-state index contributed by atoms with van der Waals surface area (Å²) in [5, 5.41) is 3.12. The highest BCUT2D eigenvalue weighted by molar-refractivity contribution is 5.98. The van der Waals surface area contributed by atoms with Gasteiger partial charge in [0.1, 0.15) is 13.2 Å². The first-order valence-electron chi connectivity index (χ1n) is 8.87. The molecule has 1 N–H and O–H groups in total. The molecule has 1 heterocycles. The number of hydrogen-bond acceptors (Lipinski definition) is 7. The molecule has 0 atom stereocenters. The second kappa shape index (κ2) is 10.1. The SMILES string of the molecule is COCCOC(=O)C1=C(C)NC(C)=C(C(=O)OCCOC)C1C1C=CC=C1. The Morgan fingerprint density at radius 1 is 0.852 bits per heavy atom. The molecule has 0 saturated carbocycles. The van der Waals surface area contributed by atoms with Gasteiger partial charge in [-0.3, -0.25) is 0 Å². The highest BCUT2D eigenvalue weighted by Gasteiger charge is 2.40. The van der Waals surface area contributed by atoms with Gasteiger partial charge in [-0.2, -0.15) is 0 Å². The minimum absolute atomic E-state index is 0.132. The van der Waals surface area contributed by atoms with Crippen LogP contribution in [-0.4, -0.2) is 52.6 Å². The highest BCUT2D eigenvalue weighted by atomic mass is 16.6. The zero-order valence-electron chi connectivity index (χ0n) is 16.2. The van der Waals surface area contributed by atoms with Crippen molar-refractivity contribution in [2.45, 2.75) is 13.8 Å². The summed E-state index contributed by atoms with van der Waals surface area (Å²) >= 11 is 0. The minimum atomic E-state index is -0.480. The minimum Gasteiger partial charge on any atom is -0.460 e. The molecular weight excluding hydrogens is 350 g/mol. The smallest absolute Gasteiger partial charge is 0.336 e. The summed E-state index contributed by atoms with van der Waals surface area (Å²) in [6.45, 7) is 4.51. The van der Waals surface area contributed by atoms with Crippen LogP contribution in [0, 0.1) is 11.8 Å². The van der Waals surface area contributed by atoms with Crippen molar-refractivity contribution in [3.05, 3.63) is 46.8 Å². The molecule has 0 unspecified atom stereocenters. The number of ether oxygens (including phenoxy) is 4. The summed E-state index contributed by atoms with van der Waals surface area (Å²) in [5.41, 5.74) is 2.19. The van der Waals surface area contributed by atoms with Crippen molar-refractivity contribution < 1.29 is 28.5 Å². The van der Waals surface area contributed by atoms with Crippen LogP contribution in [0.1, 0.15) is 13.8 Å². The van der Waals surface area contributed by atoms with Gasteiger partial charge in [-0.05, 0) is 13.8 Å². The van der Waals surface area contributed by atoms with Gasteiger partial charge < -0.3 is 24.3 Å². The van der Waals surface area contributed by atoms with Gasteiger partial charge in [-0.1, -0.05) is 24.3 Å². The molecule has 0 bridgehead atoms. The third-order valence-electron chi connectivity index (χ3n) is 4.45. The summed E-state index contributed by atoms with van der Waals surface area (Å²) in [5.74, 6) is -1.55. The molecule has 1 aliphatic carbocycles. The van der Waals surface area contributed by atoms with E-state index < -0.39 is 17.9 Å². The molecule has 2 aliphatic rings. The third kappa shape index (κ3) is 5.08. The molecule has 148 valence electrons. The summed E-state index contributed by atoms with van der Waals surface area (Å²) < 4.78 is 20.6. The van der Waals surface area contributed by atoms with Crippen LogP contribution >= 0.6 is 0 Å². The Morgan fingerprint density at radius 2 is 1.30 bits per heavy atom. The Labute approximate surface area is 159 Å². The van der Waals surface area contributed by atoms with E-state index in [2.05, 4.69) is 5.32 Å².